The number of benzene rings is 1. The molecule has 3 nitrogen and oxygen atoms in total. The molecule has 1 saturated heterocycles. The number of hydrogen-bond acceptors (Lipinski definition) is 1. The smallest absolute Gasteiger partial charge is 0.128 e. The van der Waals surface area contributed by atoms with Crippen LogP contribution in [0.25, 0.3) is 0 Å². The quantitative estimate of drug-likeness (QED) is 0.587. The average molecular weight is 236 g/mol. The van der Waals surface area contributed by atoms with Gasteiger partial charge in [-0.25, -0.2) is 0 Å². The van der Waals surface area contributed by atoms with E-state index in [1.807, 2.05) is 30.3 Å². The van der Waals surface area contributed by atoms with Gasteiger partial charge in [0.2, 0.25) is 0 Å². The molecule has 1 fully saturated rings. The minimum absolute atomic E-state index is 0.315. The molecule has 0 bridgehead atoms. The van der Waals surface area contributed by atoms with Crippen LogP contribution in [0.15, 0.2) is 30.3 Å². The van der Waals surface area contributed by atoms with Crippen molar-refractivity contribution in [2.24, 2.45) is 0 Å². The van der Waals surface area contributed by atoms with Gasteiger partial charge in [-0.05, 0) is 5.56 Å². The molecule has 0 spiro atoms. The zero-order chi connectivity index (χ0) is 12.1. The summed E-state index contributed by atoms with van der Waals surface area (Å²) in [7, 11) is 2.26. The summed E-state index contributed by atoms with van der Waals surface area (Å²) in [5.41, 5.74) is 1.05. The highest BCUT2D eigenvalue weighted by atomic mass is 16.3. The lowest BCUT2D eigenvalue weighted by atomic mass is 10.1. The fourth-order valence-electron chi connectivity index (χ4n) is 2.55. The Labute approximate surface area is 104 Å². The predicted octanol–water partition coefficient (Wildman–Crippen LogP) is -1.48. The Hall–Kier alpha value is -0.900. The van der Waals surface area contributed by atoms with Crippen molar-refractivity contribution in [2.75, 3.05) is 39.8 Å². The van der Waals surface area contributed by atoms with Gasteiger partial charge in [0, 0.05) is 6.42 Å². The van der Waals surface area contributed by atoms with Crippen LogP contribution < -0.4 is 9.80 Å². The van der Waals surface area contributed by atoms with E-state index in [1.54, 1.807) is 9.80 Å². The number of quaternary nitrogens is 2. The third kappa shape index (κ3) is 3.80. The summed E-state index contributed by atoms with van der Waals surface area (Å²) in [4.78, 5) is 3.16. The largest absolute Gasteiger partial charge is 0.382 e. The fourth-order valence-corrected chi connectivity index (χ4v) is 2.55. The van der Waals surface area contributed by atoms with E-state index in [2.05, 4.69) is 7.05 Å². The Morgan fingerprint density at radius 3 is 2.65 bits per heavy atom. The minimum Gasteiger partial charge on any atom is -0.382 e. The molecule has 3 atom stereocenters. The Bertz CT molecular complexity index is 328. The van der Waals surface area contributed by atoms with Gasteiger partial charge in [-0.3, -0.25) is 0 Å². The maximum atomic E-state index is 10.2. The molecule has 1 aliphatic heterocycles. The highest BCUT2D eigenvalue weighted by molar-refractivity contribution is 5.17. The van der Waals surface area contributed by atoms with Crippen LogP contribution in [0.5, 0.6) is 0 Å². The standard InChI is InChI=1S/C14H22N2O/c1-15-8-5-9-16(11-10-15)12-14(17)13-6-3-2-4-7-13/h2-4,6-7,14,17H,5,8-12H2,1H3/p+2/t14-/m0/s1. The molecular formula is C14H24N2O+2. The highest BCUT2D eigenvalue weighted by Crippen LogP contribution is 2.09. The molecule has 2 rings (SSSR count). The Kier molecular flexibility index (Phi) is 4.54. The van der Waals surface area contributed by atoms with Crippen molar-refractivity contribution in [3.63, 3.8) is 0 Å². The Morgan fingerprint density at radius 2 is 1.88 bits per heavy atom. The van der Waals surface area contributed by atoms with E-state index < -0.39 is 0 Å². The first-order valence-corrected chi connectivity index (χ1v) is 6.63. The van der Waals surface area contributed by atoms with Crippen molar-refractivity contribution in [1.82, 2.24) is 0 Å². The number of hydrogen-bond donors (Lipinski definition) is 3. The molecule has 0 aliphatic carbocycles. The van der Waals surface area contributed by atoms with Crippen LogP contribution in [0.2, 0.25) is 0 Å². The van der Waals surface area contributed by atoms with Crippen LogP contribution in [-0.4, -0.2) is 44.9 Å². The topological polar surface area (TPSA) is 29.1 Å². The number of rotatable bonds is 3. The number of aliphatic hydroxyl groups excluding tert-OH is 1. The summed E-state index contributed by atoms with van der Waals surface area (Å²) in [6.45, 7) is 5.70. The van der Waals surface area contributed by atoms with Crippen LogP contribution in [0, 0.1) is 0 Å². The lowest BCUT2D eigenvalue weighted by molar-refractivity contribution is -0.932. The van der Waals surface area contributed by atoms with Crippen molar-refractivity contribution in [1.29, 1.82) is 0 Å². The number of nitrogens with one attached hydrogen (secondary N) is 2. The molecular weight excluding hydrogens is 212 g/mol. The molecule has 2 unspecified atom stereocenters. The van der Waals surface area contributed by atoms with Gasteiger partial charge in [0.25, 0.3) is 0 Å². The summed E-state index contributed by atoms with van der Waals surface area (Å²) in [6, 6.07) is 10.0. The van der Waals surface area contributed by atoms with Gasteiger partial charge >= 0.3 is 0 Å². The lowest BCUT2D eigenvalue weighted by Gasteiger charge is -2.19. The molecule has 0 saturated carbocycles. The molecule has 1 aromatic carbocycles. The van der Waals surface area contributed by atoms with Gasteiger partial charge in [-0.1, -0.05) is 30.3 Å². The van der Waals surface area contributed by atoms with Gasteiger partial charge in [0.15, 0.2) is 0 Å². The molecule has 1 heterocycles. The van der Waals surface area contributed by atoms with E-state index in [0.29, 0.717) is 0 Å². The lowest BCUT2D eigenvalue weighted by Crippen LogP contribution is -3.16. The molecule has 3 heteroatoms. The summed E-state index contributed by atoms with van der Waals surface area (Å²) in [5.74, 6) is 0. The van der Waals surface area contributed by atoms with E-state index in [-0.39, 0.29) is 6.10 Å². The SMILES string of the molecule is C[NH+]1CCC[NH+](C[C@H](O)c2ccccc2)CC1. The van der Waals surface area contributed by atoms with Crippen molar-refractivity contribution in [3.8, 4) is 0 Å². The van der Waals surface area contributed by atoms with Crippen molar-refractivity contribution >= 4 is 0 Å². The van der Waals surface area contributed by atoms with Gasteiger partial charge in [0.1, 0.15) is 25.7 Å². The van der Waals surface area contributed by atoms with E-state index in [1.165, 1.54) is 32.6 Å². The van der Waals surface area contributed by atoms with E-state index in [9.17, 15) is 5.11 Å². The van der Waals surface area contributed by atoms with Crippen LogP contribution >= 0.6 is 0 Å². The van der Waals surface area contributed by atoms with Gasteiger partial charge in [-0.15, -0.1) is 0 Å². The Morgan fingerprint density at radius 1 is 1.12 bits per heavy atom. The maximum absolute atomic E-state index is 10.2. The third-order valence-electron chi connectivity index (χ3n) is 3.71. The molecule has 0 radical (unpaired) electrons. The predicted molar refractivity (Wildman–Crippen MR) is 68.2 cm³/mol. The first-order chi connectivity index (χ1) is 8.25. The second-order valence-corrected chi connectivity index (χ2v) is 5.19. The second kappa shape index (κ2) is 6.15. The van der Waals surface area contributed by atoms with Crippen molar-refractivity contribution in [3.05, 3.63) is 35.9 Å². The fraction of sp³-hybridized carbons (Fsp3) is 0.571. The van der Waals surface area contributed by atoms with Crippen LogP contribution in [-0.2, 0) is 0 Å². The van der Waals surface area contributed by atoms with Gasteiger partial charge in [-0.2, -0.15) is 0 Å². The van der Waals surface area contributed by atoms with Gasteiger partial charge in [0.05, 0.1) is 20.1 Å². The molecule has 1 aliphatic rings. The van der Waals surface area contributed by atoms with Crippen molar-refractivity contribution < 1.29 is 14.9 Å². The Balaban J connectivity index is 1.88. The molecule has 94 valence electrons. The zero-order valence-corrected chi connectivity index (χ0v) is 10.7. The summed E-state index contributed by atoms with van der Waals surface area (Å²) >= 11 is 0. The summed E-state index contributed by atoms with van der Waals surface area (Å²) in [6.07, 6.45) is 0.951. The first kappa shape index (κ1) is 12.6. The monoisotopic (exact) mass is 236 g/mol. The minimum atomic E-state index is -0.315. The second-order valence-electron chi connectivity index (χ2n) is 5.19. The maximum Gasteiger partial charge on any atom is 0.128 e. The highest BCUT2D eigenvalue weighted by Gasteiger charge is 2.20. The first-order valence-electron chi connectivity index (χ1n) is 6.63. The number of likely N-dealkylation sites (N-methyl/N-ethyl adjacent to an activating group) is 1. The number of aliphatic hydroxyl groups is 1. The molecule has 17 heavy (non-hydrogen) atoms. The van der Waals surface area contributed by atoms with E-state index in [0.717, 1.165) is 12.1 Å². The van der Waals surface area contributed by atoms with Crippen LogP contribution in [0.1, 0.15) is 18.1 Å². The molecule has 0 aromatic heterocycles. The van der Waals surface area contributed by atoms with E-state index >= 15 is 0 Å². The molecule has 0 amide bonds. The van der Waals surface area contributed by atoms with Crippen LogP contribution in [0.4, 0.5) is 0 Å². The molecule has 3 N–H and O–H groups in total. The van der Waals surface area contributed by atoms with Crippen molar-refractivity contribution in [2.45, 2.75) is 12.5 Å². The zero-order valence-electron chi connectivity index (χ0n) is 10.7. The normalized spacial score (nSPS) is 27.4. The van der Waals surface area contributed by atoms with Gasteiger partial charge < -0.3 is 14.9 Å². The average Bonchev–Trinajstić information content (AvgIpc) is 2.56. The molecule has 1 aromatic rings. The third-order valence-corrected chi connectivity index (χ3v) is 3.71. The van der Waals surface area contributed by atoms with Crippen LogP contribution in [0.3, 0.4) is 0 Å². The summed E-state index contributed by atoms with van der Waals surface area (Å²) < 4.78 is 0. The summed E-state index contributed by atoms with van der Waals surface area (Å²) in [5, 5.41) is 10.2. The van der Waals surface area contributed by atoms with E-state index in [4.69, 9.17) is 0 Å².